The Hall–Kier alpha value is -2.63. The molecule has 2 heterocycles. The van der Waals surface area contributed by atoms with Gasteiger partial charge in [0, 0.05) is 23.8 Å². The highest BCUT2D eigenvalue weighted by Gasteiger charge is 2.40. The van der Waals surface area contributed by atoms with Gasteiger partial charge in [0.15, 0.2) is 0 Å². The van der Waals surface area contributed by atoms with Gasteiger partial charge in [-0.1, -0.05) is 6.07 Å². The molecule has 1 aliphatic heterocycles. The number of ether oxygens (including phenoxy) is 2. The average Bonchev–Trinajstić information content (AvgIpc) is 2.51. The second-order valence-electron chi connectivity index (χ2n) is 8.93. The predicted molar refractivity (Wildman–Crippen MR) is 107 cm³/mol. The number of hydrogen-bond acceptors (Lipinski definition) is 6. The molecule has 0 aliphatic carbocycles. The molecule has 28 heavy (non-hydrogen) atoms. The topological polar surface area (TPSA) is 77.5 Å². The first-order valence-corrected chi connectivity index (χ1v) is 9.35. The highest BCUT2D eigenvalue weighted by Crippen LogP contribution is 2.39. The van der Waals surface area contributed by atoms with Crippen molar-refractivity contribution in [3.8, 4) is 0 Å². The minimum Gasteiger partial charge on any atom is -0.457 e. The molecular weight excluding hydrogens is 356 g/mol. The molecule has 1 N–H and O–H groups in total. The third kappa shape index (κ3) is 5.21. The number of pyridine rings is 1. The molecule has 0 radical (unpaired) electrons. The van der Waals surface area contributed by atoms with Gasteiger partial charge >= 0.3 is 11.9 Å². The molecule has 0 fully saturated rings. The van der Waals surface area contributed by atoms with Gasteiger partial charge in [0.25, 0.3) is 0 Å². The lowest BCUT2D eigenvalue weighted by atomic mass is 9.81. The number of nitrogens with one attached hydrogen (secondary N) is 1. The van der Waals surface area contributed by atoms with E-state index in [1.165, 1.54) is 0 Å². The third-order valence-electron chi connectivity index (χ3n) is 4.02. The van der Waals surface area contributed by atoms with Crippen LogP contribution in [0, 0.1) is 0 Å². The summed E-state index contributed by atoms with van der Waals surface area (Å²) in [5.74, 6) is -1.57. The molecule has 1 aliphatic rings. The van der Waals surface area contributed by atoms with E-state index < -0.39 is 29.1 Å². The number of carbonyl (C=O) groups is 2. The lowest BCUT2D eigenvalue weighted by Crippen LogP contribution is -2.36. The number of aromatic nitrogens is 1. The second-order valence-corrected chi connectivity index (χ2v) is 8.93. The van der Waals surface area contributed by atoms with Gasteiger partial charge in [0.1, 0.15) is 11.2 Å². The number of esters is 2. The van der Waals surface area contributed by atoms with Crippen LogP contribution in [0.4, 0.5) is 0 Å². The van der Waals surface area contributed by atoms with Crippen molar-refractivity contribution in [1.29, 1.82) is 0 Å². The predicted octanol–water partition coefficient (Wildman–Crippen LogP) is 4.00. The standard InChI is InChI=1S/C22H30N2O4/c1-13-16(19(25)27-21(3,4)5)18(15-10-9-11-23-12-15)17(14(2)24-13)20(26)28-22(6,7)8/h9-12,18,24H,1-8H3. The van der Waals surface area contributed by atoms with Crippen molar-refractivity contribution in [3.05, 3.63) is 52.6 Å². The van der Waals surface area contributed by atoms with Crippen LogP contribution >= 0.6 is 0 Å². The minimum absolute atomic E-state index is 0.384. The van der Waals surface area contributed by atoms with Crippen LogP contribution in [0.3, 0.4) is 0 Å². The van der Waals surface area contributed by atoms with Crippen molar-refractivity contribution in [3.63, 3.8) is 0 Å². The molecule has 0 saturated heterocycles. The van der Waals surface area contributed by atoms with Crippen molar-refractivity contribution in [2.45, 2.75) is 72.5 Å². The highest BCUT2D eigenvalue weighted by atomic mass is 16.6. The van der Waals surface area contributed by atoms with Gasteiger partial charge in [-0.15, -0.1) is 0 Å². The molecule has 2 rings (SSSR count). The molecule has 0 unspecified atom stereocenters. The van der Waals surface area contributed by atoms with E-state index >= 15 is 0 Å². The number of dihydropyridines is 1. The molecule has 152 valence electrons. The molecule has 0 amide bonds. The van der Waals surface area contributed by atoms with E-state index in [1.54, 1.807) is 32.3 Å². The molecule has 1 aromatic heterocycles. The van der Waals surface area contributed by atoms with Crippen LogP contribution in [0.5, 0.6) is 0 Å². The molecule has 0 atom stereocenters. The van der Waals surface area contributed by atoms with E-state index in [0.29, 0.717) is 22.5 Å². The molecule has 1 aromatic rings. The summed E-state index contributed by atoms with van der Waals surface area (Å²) >= 11 is 0. The lowest BCUT2D eigenvalue weighted by molar-refractivity contribution is -0.150. The normalized spacial score (nSPS) is 16.0. The van der Waals surface area contributed by atoms with E-state index in [1.807, 2.05) is 47.6 Å². The first-order valence-electron chi connectivity index (χ1n) is 9.35. The van der Waals surface area contributed by atoms with Crippen LogP contribution in [0.15, 0.2) is 47.1 Å². The quantitative estimate of drug-likeness (QED) is 0.791. The molecule has 6 nitrogen and oxygen atoms in total. The average molecular weight is 386 g/mol. The zero-order valence-corrected chi connectivity index (χ0v) is 18.0. The maximum absolute atomic E-state index is 13.1. The van der Waals surface area contributed by atoms with Crippen LogP contribution in [0.2, 0.25) is 0 Å². The summed E-state index contributed by atoms with van der Waals surface area (Å²) in [6.45, 7) is 14.5. The molecule has 6 heteroatoms. The molecule has 0 spiro atoms. The van der Waals surface area contributed by atoms with Gasteiger partial charge in [-0.25, -0.2) is 9.59 Å². The zero-order valence-electron chi connectivity index (χ0n) is 18.0. The number of rotatable bonds is 3. The SMILES string of the molecule is CC1=C(C(=O)OC(C)(C)C)C(c2cccnc2)C(C(=O)OC(C)(C)C)=C(C)N1. The van der Waals surface area contributed by atoms with E-state index in [-0.39, 0.29) is 0 Å². The van der Waals surface area contributed by atoms with Gasteiger partial charge in [-0.05, 0) is 67.0 Å². The highest BCUT2D eigenvalue weighted by molar-refractivity contribution is 6.00. The van der Waals surface area contributed by atoms with Crippen molar-refractivity contribution in [2.75, 3.05) is 0 Å². The molecule has 0 bridgehead atoms. The Morgan fingerprint density at radius 3 is 1.75 bits per heavy atom. The first kappa shape index (κ1) is 21.7. The van der Waals surface area contributed by atoms with Crippen LogP contribution in [-0.4, -0.2) is 28.1 Å². The zero-order chi connectivity index (χ0) is 21.3. The van der Waals surface area contributed by atoms with Crippen LogP contribution in [0.1, 0.15) is 66.9 Å². The largest absolute Gasteiger partial charge is 0.457 e. The summed E-state index contributed by atoms with van der Waals surface area (Å²) in [5.41, 5.74) is 1.46. The number of hydrogen-bond donors (Lipinski definition) is 1. The number of nitrogens with zero attached hydrogens (tertiary/aromatic N) is 1. The maximum atomic E-state index is 13.1. The Kier molecular flexibility index (Phi) is 6.02. The Morgan fingerprint density at radius 2 is 1.39 bits per heavy atom. The minimum atomic E-state index is -0.661. The van der Waals surface area contributed by atoms with E-state index in [0.717, 1.165) is 5.56 Å². The Labute approximate surface area is 167 Å². The van der Waals surface area contributed by atoms with Crippen molar-refractivity contribution in [1.82, 2.24) is 10.3 Å². The van der Waals surface area contributed by atoms with Gasteiger partial charge < -0.3 is 14.8 Å². The Morgan fingerprint density at radius 1 is 0.929 bits per heavy atom. The van der Waals surface area contributed by atoms with E-state index in [4.69, 9.17) is 9.47 Å². The fourth-order valence-electron chi connectivity index (χ4n) is 3.08. The molecule has 0 saturated carbocycles. The monoisotopic (exact) mass is 386 g/mol. The van der Waals surface area contributed by atoms with E-state index in [2.05, 4.69) is 10.3 Å². The van der Waals surface area contributed by atoms with Gasteiger partial charge in [-0.2, -0.15) is 0 Å². The summed E-state index contributed by atoms with van der Waals surface area (Å²) < 4.78 is 11.3. The summed E-state index contributed by atoms with van der Waals surface area (Å²) in [6.07, 6.45) is 3.31. The van der Waals surface area contributed by atoms with Gasteiger partial charge in [-0.3, -0.25) is 4.98 Å². The van der Waals surface area contributed by atoms with Crippen molar-refractivity contribution in [2.24, 2.45) is 0 Å². The fraction of sp³-hybridized carbons (Fsp3) is 0.500. The lowest BCUT2D eigenvalue weighted by Gasteiger charge is -2.33. The Balaban J connectivity index is 2.60. The van der Waals surface area contributed by atoms with Crippen LogP contribution in [-0.2, 0) is 19.1 Å². The smallest absolute Gasteiger partial charge is 0.337 e. The van der Waals surface area contributed by atoms with Gasteiger partial charge in [0.2, 0.25) is 0 Å². The summed E-state index contributed by atoms with van der Waals surface area (Å²) in [6, 6.07) is 3.62. The fourth-order valence-corrected chi connectivity index (χ4v) is 3.08. The Bertz CT molecular complexity index is 774. The van der Waals surface area contributed by atoms with Crippen molar-refractivity contribution < 1.29 is 19.1 Å². The number of allylic oxidation sites excluding steroid dienone is 2. The third-order valence-corrected chi connectivity index (χ3v) is 4.02. The second kappa shape index (κ2) is 7.78. The maximum Gasteiger partial charge on any atom is 0.337 e. The van der Waals surface area contributed by atoms with Crippen LogP contribution in [0.25, 0.3) is 0 Å². The summed E-state index contributed by atoms with van der Waals surface area (Å²) in [5, 5.41) is 3.15. The van der Waals surface area contributed by atoms with Crippen LogP contribution < -0.4 is 5.32 Å². The molecule has 0 aromatic carbocycles. The molecular formula is C22H30N2O4. The van der Waals surface area contributed by atoms with E-state index in [9.17, 15) is 9.59 Å². The van der Waals surface area contributed by atoms with Gasteiger partial charge in [0.05, 0.1) is 17.1 Å². The summed E-state index contributed by atoms with van der Waals surface area (Å²) in [4.78, 5) is 30.3. The number of carbonyl (C=O) groups excluding carboxylic acids is 2. The first-order chi connectivity index (χ1) is 12.8. The summed E-state index contributed by atoms with van der Waals surface area (Å²) in [7, 11) is 0. The van der Waals surface area contributed by atoms with Crippen molar-refractivity contribution >= 4 is 11.9 Å².